The maximum Gasteiger partial charge on any atom is 0.217 e. The van der Waals surface area contributed by atoms with Crippen LogP contribution in [-0.2, 0) is 52.3 Å². The van der Waals surface area contributed by atoms with Crippen LogP contribution in [0.3, 0.4) is 0 Å². The average molecular weight is 754 g/mol. The van der Waals surface area contributed by atoms with Crippen molar-refractivity contribution in [1.29, 1.82) is 0 Å². The van der Waals surface area contributed by atoms with E-state index in [-0.39, 0.29) is 46.2 Å². The van der Waals surface area contributed by atoms with Crippen molar-refractivity contribution in [3.8, 4) is 0 Å². The van der Waals surface area contributed by atoms with Gasteiger partial charge >= 0.3 is 0 Å². The second-order valence-corrected chi connectivity index (χ2v) is 13.3. The zero-order chi connectivity index (χ0) is 38.5. The molecule has 0 aliphatic carbocycles. The third kappa shape index (κ3) is 12.2. The number of hydrogen-bond acceptors (Lipinski definition) is 16. The molecule has 3 amide bonds. The summed E-state index contributed by atoms with van der Waals surface area (Å²) in [5.41, 5.74) is 0. The van der Waals surface area contributed by atoms with Crippen LogP contribution >= 0.6 is 0 Å². The van der Waals surface area contributed by atoms with Gasteiger partial charge in [0.2, 0.25) is 17.7 Å². The van der Waals surface area contributed by atoms with Crippen LogP contribution in [0.1, 0.15) is 48.0 Å². The van der Waals surface area contributed by atoms with Crippen LogP contribution < -0.4 is 16.0 Å². The van der Waals surface area contributed by atoms with Crippen molar-refractivity contribution in [2.75, 3.05) is 52.9 Å². The Bertz CT molecular complexity index is 1110. The maximum absolute atomic E-state index is 12.5. The number of ether oxygens (including phenoxy) is 8. The summed E-state index contributed by atoms with van der Waals surface area (Å²) in [5, 5.41) is 61.3. The molecule has 3 fully saturated rings. The smallest absolute Gasteiger partial charge is 0.217 e. The lowest BCUT2D eigenvalue weighted by Gasteiger charge is -2.50. The zero-order valence-electron chi connectivity index (χ0n) is 30.8. The Labute approximate surface area is 303 Å². The molecule has 0 radical (unpaired) electrons. The highest BCUT2D eigenvalue weighted by Gasteiger charge is 2.54. The highest BCUT2D eigenvalue weighted by Crippen LogP contribution is 2.34. The fraction of sp³-hybridized carbons (Fsp3) is 0.909. The number of carbonyl (C=O) groups excluding carboxylic acids is 3. The molecule has 0 aromatic heterocycles. The molecule has 3 rings (SSSR count). The number of hydrogen-bond donors (Lipinski definition) is 8. The number of rotatable bonds is 19. The quantitative estimate of drug-likeness (QED) is 0.0600. The highest BCUT2D eigenvalue weighted by molar-refractivity contribution is 5.74. The van der Waals surface area contributed by atoms with E-state index in [4.69, 9.17) is 37.9 Å². The summed E-state index contributed by atoms with van der Waals surface area (Å²) < 4.78 is 48.1. The molecule has 0 bridgehead atoms. The van der Waals surface area contributed by atoms with E-state index in [2.05, 4.69) is 16.0 Å². The summed E-state index contributed by atoms with van der Waals surface area (Å²) in [4.78, 5) is 36.8. The van der Waals surface area contributed by atoms with E-state index in [1.54, 1.807) is 13.8 Å². The van der Waals surface area contributed by atoms with E-state index in [9.17, 15) is 39.9 Å². The molecule has 3 aliphatic heterocycles. The molecule has 8 N–H and O–H groups in total. The van der Waals surface area contributed by atoms with Crippen molar-refractivity contribution in [1.82, 2.24) is 16.0 Å². The van der Waals surface area contributed by atoms with Gasteiger partial charge in [0.1, 0.15) is 48.7 Å². The van der Waals surface area contributed by atoms with Crippen molar-refractivity contribution >= 4 is 17.7 Å². The van der Waals surface area contributed by atoms with Crippen LogP contribution in [0.2, 0.25) is 0 Å². The molecule has 0 saturated carbocycles. The van der Waals surface area contributed by atoms with Crippen molar-refractivity contribution in [3.05, 3.63) is 0 Å². The first-order valence-electron chi connectivity index (χ1n) is 17.8. The van der Waals surface area contributed by atoms with Crippen LogP contribution in [0.25, 0.3) is 0 Å². The molecule has 15 atom stereocenters. The fourth-order valence-electron chi connectivity index (χ4n) is 6.57. The van der Waals surface area contributed by atoms with Gasteiger partial charge in [-0.05, 0) is 13.3 Å². The number of nitrogens with one attached hydrogen (secondary N) is 3. The minimum atomic E-state index is -1.62. The molecule has 3 aliphatic rings. The number of aliphatic hydroxyl groups is 5. The van der Waals surface area contributed by atoms with E-state index >= 15 is 0 Å². The third-order valence-corrected chi connectivity index (χ3v) is 9.09. The standard InChI is InChI=1S/C33H59N3O16/c1-7-10-45-14-22-30(28(43)24(17(3)48-22)34-18(4)39)51-33-26(36-20(6)41)29(44)31(23(50-33)15-47-12-9-38)52-32-25(35-19(5)40)27(42)16(2)21(49-32)13-46-11-8-37/h16-17,21-33,37-38,42-44H,7-15H2,1-6H3,(H,34,39)(H,35,40)(H,36,41)/t16-,17+,21?,22?,23+,24?,25?,26?,27+,28-,29?,30-,31-,32+,33+/m1/s1. The summed E-state index contributed by atoms with van der Waals surface area (Å²) in [6.45, 7) is 8.51. The Kier molecular flexibility index (Phi) is 18.5. The first-order valence-corrected chi connectivity index (χ1v) is 17.8. The van der Waals surface area contributed by atoms with Crippen LogP contribution in [-0.4, -0.2) is 182 Å². The molecule has 0 spiro atoms. The summed E-state index contributed by atoms with van der Waals surface area (Å²) in [5.74, 6) is -2.03. The predicted octanol–water partition coefficient (Wildman–Crippen LogP) is -3.33. The molecule has 19 heteroatoms. The molecule has 302 valence electrons. The molecule has 0 aromatic carbocycles. The zero-order valence-corrected chi connectivity index (χ0v) is 30.8. The minimum absolute atomic E-state index is 0.00897. The van der Waals surface area contributed by atoms with Crippen molar-refractivity contribution in [3.63, 3.8) is 0 Å². The van der Waals surface area contributed by atoms with E-state index in [0.717, 1.165) is 0 Å². The Morgan fingerprint density at radius 3 is 1.48 bits per heavy atom. The molecule has 3 saturated heterocycles. The van der Waals surface area contributed by atoms with Gasteiger partial charge in [0.25, 0.3) is 0 Å². The topological polar surface area (TPSA) is 262 Å². The van der Waals surface area contributed by atoms with Crippen molar-refractivity contribution in [2.45, 2.75) is 134 Å². The van der Waals surface area contributed by atoms with Gasteiger partial charge in [-0.1, -0.05) is 13.8 Å². The summed E-state index contributed by atoms with van der Waals surface area (Å²) in [7, 11) is 0. The number of carbonyl (C=O) groups is 3. The summed E-state index contributed by atoms with van der Waals surface area (Å²) in [6, 6.07) is -3.35. The van der Waals surface area contributed by atoms with Crippen LogP contribution in [0.4, 0.5) is 0 Å². The van der Waals surface area contributed by atoms with Gasteiger partial charge in [0.05, 0.1) is 70.6 Å². The monoisotopic (exact) mass is 753 g/mol. The summed E-state index contributed by atoms with van der Waals surface area (Å²) >= 11 is 0. The third-order valence-electron chi connectivity index (χ3n) is 9.09. The van der Waals surface area contributed by atoms with Gasteiger partial charge in [-0.3, -0.25) is 14.4 Å². The van der Waals surface area contributed by atoms with E-state index in [0.29, 0.717) is 13.0 Å². The van der Waals surface area contributed by atoms with Gasteiger partial charge in [0.15, 0.2) is 12.6 Å². The number of amides is 3. The largest absolute Gasteiger partial charge is 0.394 e. The fourth-order valence-corrected chi connectivity index (χ4v) is 6.57. The molecule has 0 aromatic rings. The van der Waals surface area contributed by atoms with Gasteiger partial charge in [-0.15, -0.1) is 0 Å². The van der Waals surface area contributed by atoms with E-state index < -0.39 is 109 Å². The second kappa shape index (κ2) is 21.7. The van der Waals surface area contributed by atoms with Gasteiger partial charge in [-0.25, -0.2) is 0 Å². The molecular weight excluding hydrogens is 694 g/mol. The molecular formula is C33H59N3O16. The van der Waals surface area contributed by atoms with Crippen molar-refractivity contribution < 1.29 is 77.8 Å². The second-order valence-electron chi connectivity index (χ2n) is 13.3. The van der Waals surface area contributed by atoms with Crippen molar-refractivity contribution in [2.24, 2.45) is 5.92 Å². The first kappa shape index (κ1) is 44.3. The van der Waals surface area contributed by atoms with Gasteiger partial charge < -0.3 is 79.4 Å². The molecule has 19 nitrogen and oxygen atoms in total. The number of aliphatic hydroxyl groups excluding tert-OH is 5. The van der Waals surface area contributed by atoms with Crippen LogP contribution in [0.15, 0.2) is 0 Å². The Hall–Kier alpha value is -2.11. The normalized spacial score (nSPS) is 38.0. The highest BCUT2D eigenvalue weighted by atomic mass is 16.7. The molecule has 52 heavy (non-hydrogen) atoms. The molecule has 6 unspecified atom stereocenters. The predicted molar refractivity (Wildman–Crippen MR) is 178 cm³/mol. The lowest BCUT2D eigenvalue weighted by molar-refractivity contribution is -0.345. The first-order chi connectivity index (χ1) is 24.7. The Balaban J connectivity index is 1.98. The molecule has 3 heterocycles. The van der Waals surface area contributed by atoms with Crippen LogP contribution in [0, 0.1) is 5.92 Å². The lowest BCUT2D eigenvalue weighted by atomic mass is 9.89. The lowest BCUT2D eigenvalue weighted by Crippen LogP contribution is -2.70. The Morgan fingerprint density at radius 1 is 0.596 bits per heavy atom. The maximum atomic E-state index is 12.5. The summed E-state index contributed by atoms with van der Waals surface area (Å²) in [6.07, 6.45) is -12.3. The minimum Gasteiger partial charge on any atom is -0.394 e. The van der Waals surface area contributed by atoms with Gasteiger partial charge in [0, 0.05) is 33.3 Å². The van der Waals surface area contributed by atoms with Gasteiger partial charge in [-0.2, -0.15) is 0 Å². The Morgan fingerprint density at radius 2 is 1.00 bits per heavy atom. The SMILES string of the molecule is CCCOCC1O[C@@H](C)C(NC(C)=O)[C@@H](O)[C@@H]1O[C@@H]1O[C@@H](COCCO)[C@@H](O[C@@H]2OC(COCCO)[C@@H](C)[C@H](O)C2NC(C)=O)C(O)C1NC(C)=O. The van der Waals surface area contributed by atoms with Crippen LogP contribution in [0.5, 0.6) is 0 Å². The van der Waals surface area contributed by atoms with E-state index in [1.165, 1.54) is 20.8 Å². The average Bonchev–Trinajstić information content (AvgIpc) is 3.07. The van der Waals surface area contributed by atoms with E-state index in [1.807, 2.05) is 6.92 Å².